The number of carbonyl (C=O) groups is 1. The molecule has 1 N–H and O–H groups in total. The number of ether oxygens (including phenoxy) is 1. The molecule has 0 unspecified atom stereocenters. The third-order valence-corrected chi connectivity index (χ3v) is 6.56. The van der Waals surface area contributed by atoms with Crippen LogP contribution in [0, 0.1) is 0 Å². The molecule has 2 aromatic rings. The number of hydrogen-bond donors (Lipinski definition) is 1. The molecule has 27 heavy (non-hydrogen) atoms. The van der Waals surface area contributed by atoms with Crippen LogP contribution in [0.15, 0.2) is 29.1 Å². The number of likely N-dealkylation sites (tertiary alicyclic amines) is 1. The van der Waals surface area contributed by atoms with Gasteiger partial charge in [0.05, 0.1) is 29.6 Å². The Hall–Kier alpha value is -1.63. The van der Waals surface area contributed by atoms with Crippen molar-refractivity contribution in [2.24, 2.45) is 0 Å². The van der Waals surface area contributed by atoms with Gasteiger partial charge in [-0.25, -0.2) is 0 Å². The highest BCUT2D eigenvalue weighted by atomic mass is 32.1. The summed E-state index contributed by atoms with van der Waals surface area (Å²) in [5, 5.41) is 3.08. The van der Waals surface area contributed by atoms with Crippen LogP contribution in [0.1, 0.15) is 59.3 Å². The summed E-state index contributed by atoms with van der Waals surface area (Å²) in [6, 6.07) is 4.12. The number of furan rings is 1. The van der Waals surface area contributed by atoms with Gasteiger partial charge in [-0.15, -0.1) is 11.3 Å². The molecule has 6 heteroatoms. The SMILES string of the molecule is CC(C)(C)NC(=O)c1cc2c(s1)CCOC21CCN(Cc2ccoc2)CC1. The molecule has 4 rings (SSSR count). The molecule has 0 aromatic carbocycles. The van der Waals surface area contributed by atoms with Gasteiger partial charge in [0.15, 0.2) is 0 Å². The first-order chi connectivity index (χ1) is 12.8. The largest absolute Gasteiger partial charge is 0.472 e. The predicted octanol–water partition coefficient (Wildman–Crippen LogP) is 3.93. The summed E-state index contributed by atoms with van der Waals surface area (Å²) in [6.07, 6.45) is 6.39. The Kier molecular flexibility index (Phi) is 4.91. The topological polar surface area (TPSA) is 54.7 Å². The first-order valence-corrected chi connectivity index (χ1v) is 10.5. The lowest BCUT2D eigenvalue weighted by Crippen LogP contribution is -2.45. The fourth-order valence-electron chi connectivity index (χ4n) is 4.06. The Labute approximate surface area is 164 Å². The molecule has 0 bridgehead atoms. The lowest BCUT2D eigenvalue weighted by atomic mass is 9.82. The van der Waals surface area contributed by atoms with E-state index >= 15 is 0 Å². The summed E-state index contributed by atoms with van der Waals surface area (Å²) >= 11 is 1.64. The molecule has 4 heterocycles. The van der Waals surface area contributed by atoms with Crippen molar-refractivity contribution in [2.75, 3.05) is 19.7 Å². The van der Waals surface area contributed by atoms with Crippen molar-refractivity contribution in [3.05, 3.63) is 45.5 Å². The van der Waals surface area contributed by atoms with E-state index in [4.69, 9.17) is 9.15 Å². The lowest BCUT2D eigenvalue weighted by Gasteiger charge is -2.44. The van der Waals surface area contributed by atoms with Crippen molar-refractivity contribution in [3.63, 3.8) is 0 Å². The third kappa shape index (κ3) is 3.98. The summed E-state index contributed by atoms with van der Waals surface area (Å²) in [4.78, 5) is 17.2. The Morgan fingerprint density at radius 3 is 2.78 bits per heavy atom. The van der Waals surface area contributed by atoms with Crippen molar-refractivity contribution in [1.29, 1.82) is 0 Å². The standard InChI is InChI=1S/C21H28N2O3S/c1-20(2,3)22-19(24)18-12-16-17(27-18)5-11-26-21(16)6-8-23(9-7-21)13-15-4-10-25-14-15/h4,10,12,14H,5-9,11,13H2,1-3H3,(H,22,24). The highest BCUT2D eigenvalue weighted by Gasteiger charge is 2.42. The van der Waals surface area contributed by atoms with Gasteiger partial charge in [0, 0.05) is 42.0 Å². The molecule has 1 fully saturated rings. The van der Waals surface area contributed by atoms with Crippen LogP contribution in [0.25, 0.3) is 0 Å². The molecule has 1 amide bonds. The van der Waals surface area contributed by atoms with Crippen LogP contribution in [-0.2, 0) is 23.3 Å². The molecule has 1 spiro atoms. The normalized spacial score (nSPS) is 19.8. The van der Waals surface area contributed by atoms with E-state index in [-0.39, 0.29) is 17.0 Å². The minimum atomic E-state index is -0.228. The van der Waals surface area contributed by atoms with Gasteiger partial charge >= 0.3 is 0 Å². The van der Waals surface area contributed by atoms with E-state index in [0.717, 1.165) is 50.4 Å². The first kappa shape index (κ1) is 18.7. The van der Waals surface area contributed by atoms with Gasteiger partial charge in [0.2, 0.25) is 0 Å². The average molecular weight is 389 g/mol. The van der Waals surface area contributed by atoms with E-state index in [2.05, 4.69) is 16.3 Å². The second-order valence-corrected chi connectivity index (χ2v) is 9.79. The minimum Gasteiger partial charge on any atom is -0.472 e. The quantitative estimate of drug-likeness (QED) is 0.865. The third-order valence-electron chi connectivity index (χ3n) is 5.37. The van der Waals surface area contributed by atoms with Crippen LogP contribution in [0.5, 0.6) is 0 Å². The van der Waals surface area contributed by atoms with Gasteiger partial charge in [-0.05, 0) is 51.3 Å². The number of rotatable bonds is 3. The molecule has 146 valence electrons. The van der Waals surface area contributed by atoms with Gasteiger partial charge in [-0.2, -0.15) is 0 Å². The van der Waals surface area contributed by atoms with Crippen molar-refractivity contribution in [2.45, 2.75) is 57.7 Å². The van der Waals surface area contributed by atoms with E-state index in [0.29, 0.717) is 0 Å². The predicted molar refractivity (Wildman–Crippen MR) is 106 cm³/mol. The molecular formula is C21H28N2O3S. The molecular weight excluding hydrogens is 360 g/mol. The van der Waals surface area contributed by atoms with Crippen molar-refractivity contribution < 1.29 is 13.9 Å². The number of amides is 1. The summed E-state index contributed by atoms with van der Waals surface area (Å²) < 4.78 is 11.5. The van der Waals surface area contributed by atoms with E-state index in [1.54, 1.807) is 17.6 Å². The second kappa shape index (κ2) is 7.08. The van der Waals surface area contributed by atoms with Gasteiger partial charge < -0.3 is 14.5 Å². The Morgan fingerprint density at radius 2 is 2.11 bits per heavy atom. The zero-order chi connectivity index (χ0) is 19.1. The molecule has 1 saturated heterocycles. The maximum atomic E-state index is 12.6. The number of thiophene rings is 1. The summed E-state index contributed by atoms with van der Waals surface area (Å²) in [5.41, 5.74) is 2.01. The molecule has 0 atom stereocenters. The highest BCUT2D eigenvalue weighted by Crippen LogP contribution is 2.44. The summed E-state index contributed by atoms with van der Waals surface area (Å²) in [7, 11) is 0. The number of piperidine rings is 1. The van der Waals surface area contributed by atoms with Crippen LogP contribution >= 0.6 is 11.3 Å². The average Bonchev–Trinajstić information content (AvgIpc) is 3.26. The van der Waals surface area contributed by atoms with Crippen LogP contribution in [-0.4, -0.2) is 36.0 Å². The smallest absolute Gasteiger partial charge is 0.261 e. The van der Waals surface area contributed by atoms with Crippen molar-refractivity contribution in [1.82, 2.24) is 10.2 Å². The zero-order valence-corrected chi connectivity index (χ0v) is 17.2. The highest BCUT2D eigenvalue weighted by molar-refractivity contribution is 7.14. The minimum absolute atomic E-state index is 0.0226. The number of nitrogens with zero attached hydrogens (tertiary/aromatic N) is 1. The summed E-state index contributed by atoms with van der Waals surface area (Å²) in [6.45, 7) is 9.68. The molecule has 5 nitrogen and oxygen atoms in total. The molecule has 2 aromatic heterocycles. The maximum Gasteiger partial charge on any atom is 0.261 e. The second-order valence-electron chi connectivity index (χ2n) is 8.65. The van der Waals surface area contributed by atoms with Crippen LogP contribution in [0.3, 0.4) is 0 Å². The van der Waals surface area contributed by atoms with Crippen LogP contribution in [0.4, 0.5) is 0 Å². The number of nitrogens with one attached hydrogen (secondary N) is 1. The van der Waals surface area contributed by atoms with Gasteiger partial charge in [0.1, 0.15) is 0 Å². The van der Waals surface area contributed by atoms with E-state index < -0.39 is 0 Å². The fourth-order valence-corrected chi connectivity index (χ4v) is 5.18. The van der Waals surface area contributed by atoms with E-state index in [1.165, 1.54) is 16.0 Å². The molecule has 0 aliphatic carbocycles. The Balaban J connectivity index is 1.49. The van der Waals surface area contributed by atoms with Gasteiger partial charge in [0.25, 0.3) is 5.91 Å². The van der Waals surface area contributed by atoms with Crippen molar-refractivity contribution >= 4 is 17.2 Å². The van der Waals surface area contributed by atoms with Crippen molar-refractivity contribution in [3.8, 4) is 0 Å². The lowest BCUT2D eigenvalue weighted by molar-refractivity contribution is -0.0980. The van der Waals surface area contributed by atoms with Gasteiger partial charge in [-0.1, -0.05) is 0 Å². The number of fused-ring (bicyclic) bond motifs is 2. The van der Waals surface area contributed by atoms with Crippen LogP contribution in [0.2, 0.25) is 0 Å². The maximum absolute atomic E-state index is 12.6. The molecule has 2 aliphatic rings. The summed E-state index contributed by atoms with van der Waals surface area (Å²) in [5.74, 6) is 0.0226. The Morgan fingerprint density at radius 1 is 1.33 bits per heavy atom. The zero-order valence-electron chi connectivity index (χ0n) is 16.3. The monoisotopic (exact) mass is 388 g/mol. The molecule has 0 radical (unpaired) electrons. The van der Waals surface area contributed by atoms with Crippen LogP contribution < -0.4 is 5.32 Å². The molecule has 2 aliphatic heterocycles. The molecule has 0 saturated carbocycles. The van der Waals surface area contributed by atoms with Gasteiger partial charge in [-0.3, -0.25) is 9.69 Å². The Bertz CT molecular complexity index is 796. The number of carbonyl (C=O) groups excluding carboxylic acids is 1. The van der Waals surface area contributed by atoms with E-state index in [9.17, 15) is 4.79 Å². The van der Waals surface area contributed by atoms with E-state index in [1.807, 2.05) is 33.1 Å². The first-order valence-electron chi connectivity index (χ1n) is 9.68. The fraction of sp³-hybridized carbons (Fsp3) is 0.571. The number of hydrogen-bond acceptors (Lipinski definition) is 5.